The Bertz CT molecular complexity index is 1260. The Morgan fingerprint density at radius 2 is 1.86 bits per heavy atom. The normalized spacial score (nSPS) is 16.7. The number of methoxy groups -OCH3 is 1. The largest absolute Gasteiger partial charge is 0.489 e. The predicted octanol–water partition coefficient (Wildman–Crippen LogP) is 3.05. The maximum Gasteiger partial charge on any atom is 0.239 e. The minimum absolute atomic E-state index is 0.131. The molecule has 2 aliphatic rings. The molecule has 2 aliphatic heterocycles. The maximum atomic E-state index is 9.77. The third-order valence-corrected chi connectivity index (χ3v) is 6.74. The number of aromatic nitrogens is 3. The van der Waals surface area contributed by atoms with Crippen molar-refractivity contribution >= 4 is 17.5 Å². The van der Waals surface area contributed by atoms with Crippen molar-refractivity contribution in [2.45, 2.75) is 18.9 Å². The minimum Gasteiger partial charge on any atom is -0.489 e. The Balaban J connectivity index is 1.31. The Morgan fingerprint density at radius 3 is 2.62 bits per heavy atom. The zero-order valence-electron chi connectivity index (χ0n) is 21.3. The molecule has 0 atom stereocenters. The van der Waals surface area contributed by atoms with Crippen molar-refractivity contribution in [2.75, 3.05) is 63.6 Å². The van der Waals surface area contributed by atoms with Crippen molar-refractivity contribution in [1.82, 2.24) is 25.2 Å². The van der Waals surface area contributed by atoms with Crippen molar-refractivity contribution in [2.24, 2.45) is 0 Å². The molecule has 0 bridgehead atoms. The quantitative estimate of drug-likeness (QED) is 0.502. The lowest BCUT2D eigenvalue weighted by atomic mass is 10.1. The van der Waals surface area contributed by atoms with E-state index in [0.717, 1.165) is 63.4 Å². The number of nitriles is 1. The average molecular weight is 501 g/mol. The molecule has 2 N–H and O–H groups in total. The Morgan fingerprint density at radius 1 is 1.05 bits per heavy atom. The smallest absolute Gasteiger partial charge is 0.239 e. The molecule has 5 rings (SSSR count). The molecule has 2 aromatic heterocycles. The summed E-state index contributed by atoms with van der Waals surface area (Å²) in [5.74, 6) is 2.18. The molecule has 1 aromatic carbocycles. The van der Waals surface area contributed by atoms with Crippen molar-refractivity contribution in [3.8, 4) is 29.0 Å². The van der Waals surface area contributed by atoms with Crippen LogP contribution in [0.5, 0.6) is 11.6 Å². The van der Waals surface area contributed by atoms with E-state index < -0.39 is 0 Å². The molecule has 37 heavy (non-hydrogen) atoms. The third kappa shape index (κ3) is 5.90. The summed E-state index contributed by atoms with van der Waals surface area (Å²) >= 11 is 0. The summed E-state index contributed by atoms with van der Waals surface area (Å²) in [7, 11) is 3.74. The summed E-state index contributed by atoms with van der Waals surface area (Å²) < 4.78 is 11.7. The summed E-state index contributed by atoms with van der Waals surface area (Å²) in [6, 6.07) is 13.6. The van der Waals surface area contributed by atoms with Crippen LogP contribution in [0.1, 0.15) is 18.4 Å². The van der Waals surface area contributed by atoms with Crippen LogP contribution in [0.4, 0.5) is 17.5 Å². The number of nitrogens with one attached hydrogen (secondary N) is 2. The van der Waals surface area contributed by atoms with E-state index in [2.05, 4.69) is 48.5 Å². The second-order valence-electron chi connectivity index (χ2n) is 9.30. The van der Waals surface area contributed by atoms with Gasteiger partial charge in [-0.25, -0.2) is 9.97 Å². The maximum absolute atomic E-state index is 9.77. The number of rotatable bonds is 7. The Labute approximate surface area is 217 Å². The van der Waals surface area contributed by atoms with Gasteiger partial charge in [0, 0.05) is 51.0 Å². The third-order valence-electron chi connectivity index (χ3n) is 6.74. The molecule has 2 fully saturated rings. The molecule has 0 radical (unpaired) electrons. The van der Waals surface area contributed by atoms with Crippen molar-refractivity contribution in [3.63, 3.8) is 0 Å². The van der Waals surface area contributed by atoms with Gasteiger partial charge in [-0.1, -0.05) is 0 Å². The SMILES string of the molecule is COc1nc(Nc2nccc(-c3ccc(OC4CCN(C)CC4)c(C#N)c3)n2)ccc1N1CCNCC1. The first-order valence-corrected chi connectivity index (χ1v) is 12.6. The fraction of sp³-hybridized carbons (Fsp3) is 0.407. The van der Waals surface area contributed by atoms with Gasteiger partial charge in [-0.3, -0.25) is 0 Å². The molecule has 3 aromatic rings. The van der Waals surface area contributed by atoms with Crippen molar-refractivity contribution < 1.29 is 9.47 Å². The van der Waals surface area contributed by atoms with Gasteiger partial charge in [-0.2, -0.15) is 10.2 Å². The summed E-state index contributed by atoms with van der Waals surface area (Å²) in [5.41, 5.74) is 2.98. The number of nitrogens with zero attached hydrogens (tertiary/aromatic N) is 6. The number of pyridine rings is 1. The van der Waals surface area contributed by atoms with Gasteiger partial charge in [0.15, 0.2) is 0 Å². The second kappa shape index (κ2) is 11.4. The van der Waals surface area contributed by atoms with Gasteiger partial charge in [0.05, 0.1) is 18.4 Å². The van der Waals surface area contributed by atoms with Gasteiger partial charge in [0.2, 0.25) is 11.8 Å². The van der Waals surface area contributed by atoms with Gasteiger partial charge in [0.25, 0.3) is 0 Å². The highest BCUT2D eigenvalue weighted by atomic mass is 16.5. The molecule has 0 aliphatic carbocycles. The number of anilines is 3. The zero-order valence-corrected chi connectivity index (χ0v) is 21.3. The number of piperidine rings is 1. The standard InChI is InChI=1S/C27H32N8O2/c1-34-13-8-21(9-14-34)37-24-5-3-19(17-20(24)18-28)22-7-10-30-27(31-22)33-25-6-4-23(26(32-25)36-2)35-15-11-29-12-16-35/h3-7,10,17,21,29H,8-9,11-16H2,1-2H3,(H,30,31,32,33). The van der Waals surface area contributed by atoms with E-state index in [4.69, 9.17) is 9.47 Å². The van der Waals surface area contributed by atoms with Crippen LogP contribution >= 0.6 is 0 Å². The van der Waals surface area contributed by atoms with E-state index >= 15 is 0 Å². The van der Waals surface area contributed by atoms with Crippen LogP contribution < -0.4 is 25.0 Å². The molecule has 10 heteroatoms. The number of hydrogen-bond donors (Lipinski definition) is 2. The summed E-state index contributed by atoms with van der Waals surface area (Å²) in [6.07, 6.45) is 3.73. The lowest BCUT2D eigenvalue weighted by Gasteiger charge is -2.30. The lowest BCUT2D eigenvalue weighted by molar-refractivity contribution is 0.114. The van der Waals surface area contributed by atoms with Crippen molar-refractivity contribution in [3.05, 3.63) is 48.2 Å². The molecule has 10 nitrogen and oxygen atoms in total. The van der Waals surface area contributed by atoms with Gasteiger partial charge < -0.3 is 29.9 Å². The van der Waals surface area contributed by atoms with Crippen molar-refractivity contribution in [1.29, 1.82) is 5.26 Å². The second-order valence-corrected chi connectivity index (χ2v) is 9.30. The van der Waals surface area contributed by atoms with Crippen LogP contribution in [0.25, 0.3) is 11.3 Å². The molecule has 2 saturated heterocycles. The van der Waals surface area contributed by atoms with E-state index in [9.17, 15) is 5.26 Å². The number of benzene rings is 1. The van der Waals surface area contributed by atoms with E-state index in [-0.39, 0.29) is 6.10 Å². The van der Waals surface area contributed by atoms with E-state index in [0.29, 0.717) is 34.7 Å². The fourth-order valence-electron chi connectivity index (χ4n) is 4.66. The molecular formula is C27H32N8O2. The highest BCUT2D eigenvalue weighted by Crippen LogP contribution is 2.30. The highest BCUT2D eigenvalue weighted by Gasteiger charge is 2.20. The number of piperazine rings is 1. The first-order chi connectivity index (χ1) is 18.1. The van der Waals surface area contributed by atoms with Crippen LogP contribution in [-0.4, -0.2) is 79.4 Å². The molecular weight excluding hydrogens is 468 g/mol. The summed E-state index contributed by atoms with van der Waals surface area (Å²) in [4.78, 5) is 18.2. The zero-order chi connectivity index (χ0) is 25.6. The number of ether oxygens (including phenoxy) is 2. The van der Waals surface area contributed by atoms with Crippen LogP contribution in [0.2, 0.25) is 0 Å². The van der Waals surface area contributed by atoms with Crippen LogP contribution in [0.15, 0.2) is 42.6 Å². The molecule has 4 heterocycles. The first kappa shape index (κ1) is 24.7. The topological polar surface area (TPSA) is 111 Å². The van der Waals surface area contributed by atoms with Crippen LogP contribution in [0, 0.1) is 11.3 Å². The lowest BCUT2D eigenvalue weighted by Crippen LogP contribution is -2.43. The molecule has 192 valence electrons. The highest BCUT2D eigenvalue weighted by molar-refractivity contribution is 5.66. The molecule has 0 spiro atoms. The molecule has 0 unspecified atom stereocenters. The first-order valence-electron chi connectivity index (χ1n) is 12.6. The van der Waals surface area contributed by atoms with Crippen LogP contribution in [-0.2, 0) is 0 Å². The Kier molecular flexibility index (Phi) is 7.63. The predicted molar refractivity (Wildman–Crippen MR) is 142 cm³/mol. The molecule has 0 saturated carbocycles. The fourth-order valence-corrected chi connectivity index (χ4v) is 4.66. The Hall–Kier alpha value is -3.94. The summed E-state index contributed by atoms with van der Waals surface area (Å²) in [6.45, 7) is 5.68. The van der Waals surface area contributed by atoms with E-state index in [1.165, 1.54) is 0 Å². The van der Waals surface area contributed by atoms with E-state index in [1.54, 1.807) is 13.3 Å². The number of likely N-dealkylation sites (tertiary alicyclic amines) is 1. The van der Waals surface area contributed by atoms with E-state index in [1.807, 2.05) is 36.4 Å². The summed E-state index contributed by atoms with van der Waals surface area (Å²) in [5, 5.41) is 16.3. The van der Waals surface area contributed by atoms with Gasteiger partial charge >= 0.3 is 0 Å². The van der Waals surface area contributed by atoms with Crippen LogP contribution in [0.3, 0.4) is 0 Å². The monoisotopic (exact) mass is 500 g/mol. The molecule has 0 amide bonds. The number of hydrogen-bond acceptors (Lipinski definition) is 10. The van der Waals surface area contributed by atoms with Gasteiger partial charge in [-0.05, 0) is 56.3 Å². The average Bonchev–Trinajstić information content (AvgIpc) is 2.95. The van der Waals surface area contributed by atoms with Gasteiger partial charge in [-0.15, -0.1) is 0 Å². The van der Waals surface area contributed by atoms with Gasteiger partial charge in [0.1, 0.15) is 29.4 Å². The minimum atomic E-state index is 0.131.